The fourth-order valence-electron chi connectivity index (χ4n) is 0.837. The fourth-order valence-corrected chi connectivity index (χ4v) is 0.837. The number of rotatable bonds is 2. The van der Waals surface area contributed by atoms with E-state index in [1.54, 1.807) is 0 Å². The van der Waals surface area contributed by atoms with Gasteiger partial charge < -0.3 is 11.5 Å². The topological polar surface area (TPSA) is 102 Å². The van der Waals surface area contributed by atoms with E-state index in [2.05, 4.69) is 5.10 Å². The van der Waals surface area contributed by atoms with Crippen molar-refractivity contribution in [3.05, 3.63) is 29.6 Å². The Hall–Kier alpha value is -1.82. The summed E-state index contributed by atoms with van der Waals surface area (Å²) in [6, 6.07) is 4.05. The second kappa shape index (κ2) is 3.72. The van der Waals surface area contributed by atoms with Gasteiger partial charge in [0.15, 0.2) is 5.84 Å². The van der Waals surface area contributed by atoms with Gasteiger partial charge in [-0.05, 0) is 18.2 Å². The number of nitrogen functional groups attached to an aromatic ring is 1. The molecule has 0 amide bonds. The first kappa shape index (κ1) is 9.27. The van der Waals surface area contributed by atoms with Gasteiger partial charge in [0.05, 0.1) is 5.69 Å². The maximum absolute atomic E-state index is 12.7. The van der Waals surface area contributed by atoms with Gasteiger partial charge in [-0.1, -0.05) is 0 Å². The maximum atomic E-state index is 12.7. The second-order valence-corrected chi connectivity index (χ2v) is 2.36. The highest BCUT2D eigenvalue weighted by atomic mass is 19.1. The fraction of sp³-hybridized carbons (Fsp3) is 0. The summed E-state index contributed by atoms with van der Waals surface area (Å²) in [7, 11) is 0. The van der Waals surface area contributed by atoms with Crippen LogP contribution in [0.4, 0.5) is 10.1 Å². The van der Waals surface area contributed by atoms with Crippen LogP contribution >= 0.6 is 0 Å². The number of amidine groups is 1. The molecule has 0 radical (unpaired) electrons. The summed E-state index contributed by atoms with van der Waals surface area (Å²) in [6.45, 7) is 0. The Morgan fingerprint density at radius 2 is 2.15 bits per heavy atom. The average Bonchev–Trinajstić information content (AvgIpc) is 2.10. The lowest BCUT2D eigenvalue weighted by Gasteiger charge is -2.02. The summed E-state index contributed by atoms with van der Waals surface area (Å²) < 4.78 is 12.7. The number of hydrogen-bond acceptors (Lipinski definition) is 4. The third kappa shape index (κ3) is 2.06. The summed E-state index contributed by atoms with van der Waals surface area (Å²) in [5.41, 5.74) is 13.3. The molecule has 1 aromatic rings. The second-order valence-electron chi connectivity index (χ2n) is 2.36. The van der Waals surface area contributed by atoms with Crippen LogP contribution in [0.2, 0.25) is 0 Å². The Morgan fingerprint density at radius 3 is 2.69 bits per heavy atom. The molecule has 0 saturated carbocycles. The molecule has 70 valence electrons. The van der Waals surface area contributed by atoms with E-state index in [1.165, 1.54) is 18.2 Å². The molecule has 6 heteroatoms. The quantitative estimate of drug-likeness (QED) is 0.163. The van der Waals surface area contributed by atoms with Gasteiger partial charge in [-0.15, -0.1) is 5.10 Å². The zero-order chi connectivity index (χ0) is 9.84. The summed E-state index contributed by atoms with van der Waals surface area (Å²) in [5.74, 6) is 4.57. The number of anilines is 1. The van der Waals surface area contributed by atoms with Gasteiger partial charge in [-0.2, -0.15) is 0 Å². The molecule has 1 rings (SSSR count). The van der Waals surface area contributed by atoms with Crippen LogP contribution in [0.3, 0.4) is 0 Å². The molecule has 0 heterocycles. The van der Waals surface area contributed by atoms with Crippen LogP contribution in [0.1, 0.15) is 5.56 Å². The zero-order valence-corrected chi connectivity index (χ0v) is 6.79. The first-order valence-electron chi connectivity index (χ1n) is 3.49. The van der Waals surface area contributed by atoms with Gasteiger partial charge in [0.25, 0.3) is 0 Å². The van der Waals surface area contributed by atoms with Gasteiger partial charge in [0.1, 0.15) is 5.82 Å². The summed E-state index contributed by atoms with van der Waals surface area (Å²) >= 11 is 0. The predicted octanol–water partition coefficient (Wildman–Crippen LogP) is -0.508. The molecule has 0 aromatic heterocycles. The highest BCUT2D eigenvalue weighted by Gasteiger charge is 2.02. The normalized spacial score (nSPS) is 11.4. The van der Waals surface area contributed by atoms with Crippen molar-refractivity contribution in [3.8, 4) is 0 Å². The third-order valence-electron chi connectivity index (χ3n) is 1.48. The van der Waals surface area contributed by atoms with Crippen molar-refractivity contribution in [2.45, 2.75) is 0 Å². The molecule has 0 aliphatic heterocycles. The summed E-state index contributed by atoms with van der Waals surface area (Å²) in [4.78, 5) is 0. The molecule has 5 nitrogen and oxygen atoms in total. The number of nitrogens with one attached hydrogen (secondary N) is 1. The summed E-state index contributed by atoms with van der Waals surface area (Å²) in [5, 5.41) is 3.51. The van der Waals surface area contributed by atoms with Crippen molar-refractivity contribution in [1.82, 2.24) is 5.53 Å². The van der Waals surface area contributed by atoms with Gasteiger partial charge in [-0.3, -0.25) is 0 Å². The van der Waals surface area contributed by atoms with Gasteiger partial charge >= 0.3 is 0 Å². The number of hydrogen-bond donors (Lipinski definition) is 4. The lowest BCUT2D eigenvalue weighted by atomic mass is 10.2. The summed E-state index contributed by atoms with van der Waals surface area (Å²) in [6.07, 6.45) is 0. The molecular weight excluding hydrogens is 173 g/mol. The van der Waals surface area contributed by atoms with E-state index >= 15 is 0 Å². The first-order valence-corrected chi connectivity index (χ1v) is 3.49. The lowest BCUT2D eigenvalue weighted by Crippen LogP contribution is -2.23. The van der Waals surface area contributed by atoms with Crippen LogP contribution in [0.5, 0.6) is 0 Å². The Bertz CT molecular complexity index is 336. The Labute approximate surface area is 74.4 Å². The molecule has 0 atom stereocenters. The molecule has 0 aliphatic carbocycles. The van der Waals surface area contributed by atoms with Crippen molar-refractivity contribution in [3.63, 3.8) is 0 Å². The number of benzene rings is 1. The molecule has 13 heavy (non-hydrogen) atoms. The highest BCUT2D eigenvalue weighted by molar-refractivity contribution is 5.97. The van der Waals surface area contributed by atoms with Crippen LogP contribution in [-0.2, 0) is 0 Å². The van der Waals surface area contributed by atoms with Crippen LogP contribution < -0.4 is 22.8 Å². The minimum absolute atomic E-state index is 0.0210. The molecule has 0 spiro atoms. The monoisotopic (exact) mass is 183 g/mol. The van der Waals surface area contributed by atoms with Crippen molar-refractivity contribution in [2.75, 3.05) is 5.73 Å². The SMILES string of the molecule is NN/N=C(\N)c1ccc(F)c(N)c1. The molecule has 0 fully saturated rings. The van der Waals surface area contributed by atoms with E-state index < -0.39 is 5.82 Å². The van der Waals surface area contributed by atoms with E-state index in [1.807, 2.05) is 5.53 Å². The smallest absolute Gasteiger partial charge is 0.152 e. The van der Waals surface area contributed by atoms with Crippen molar-refractivity contribution < 1.29 is 4.39 Å². The van der Waals surface area contributed by atoms with Gasteiger partial charge in [0, 0.05) is 5.56 Å². The van der Waals surface area contributed by atoms with Crippen LogP contribution in [0, 0.1) is 5.82 Å². The molecule has 0 bridgehead atoms. The van der Waals surface area contributed by atoms with E-state index in [0.717, 1.165) is 0 Å². The Kier molecular flexibility index (Phi) is 2.65. The number of halogens is 1. The van der Waals surface area contributed by atoms with E-state index in [-0.39, 0.29) is 11.5 Å². The number of hydrazine groups is 1. The Balaban J connectivity index is 3.04. The lowest BCUT2D eigenvalue weighted by molar-refractivity contribution is 0.632. The first-order chi connectivity index (χ1) is 6.15. The van der Waals surface area contributed by atoms with Crippen LogP contribution in [0.15, 0.2) is 23.3 Å². The van der Waals surface area contributed by atoms with Gasteiger partial charge in [0.2, 0.25) is 0 Å². The van der Waals surface area contributed by atoms with Crippen LogP contribution in [0.25, 0.3) is 0 Å². The average molecular weight is 183 g/mol. The standard InChI is InChI=1S/C7H10FN5/c8-5-2-1-4(3-6(5)9)7(10)12-13-11/h1-3,13H,9,11H2,(H2,10,12). The largest absolute Gasteiger partial charge is 0.396 e. The van der Waals surface area contributed by atoms with Crippen molar-refractivity contribution in [2.24, 2.45) is 16.7 Å². The van der Waals surface area contributed by atoms with E-state index in [0.29, 0.717) is 5.56 Å². The minimum atomic E-state index is -0.489. The molecule has 7 N–H and O–H groups in total. The third-order valence-corrected chi connectivity index (χ3v) is 1.48. The Morgan fingerprint density at radius 1 is 1.46 bits per heavy atom. The number of nitrogens with zero attached hydrogens (tertiary/aromatic N) is 1. The molecule has 0 unspecified atom stereocenters. The minimum Gasteiger partial charge on any atom is -0.396 e. The molecular formula is C7H10FN5. The maximum Gasteiger partial charge on any atom is 0.152 e. The predicted molar refractivity (Wildman–Crippen MR) is 48.9 cm³/mol. The molecule has 0 saturated heterocycles. The van der Waals surface area contributed by atoms with Gasteiger partial charge in [-0.25, -0.2) is 15.8 Å². The van der Waals surface area contributed by atoms with Crippen LogP contribution in [-0.4, -0.2) is 5.84 Å². The van der Waals surface area contributed by atoms with E-state index in [4.69, 9.17) is 17.3 Å². The zero-order valence-electron chi connectivity index (χ0n) is 6.79. The van der Waals surface area contributed by atoms with Crippen molar-refractivity contribution >= 4 is 11.5 Å². The number of nitrogens with two attached hydrogens (primary N) is 3. The number of hydrazone groups is 1. The highest BCUT2D eigenvalue weighted by Crippen LogP contribution is 2.11. The van der Waals surface area contributed by atoms with E-state index in [9.17, 15) is 4.39 Å². The molecule has 0 aliphatic rings. The molecule has 1 aromatic carbocycles. The van der Waals surface area contributed by atoms with Crippen molar-refractivity contribution in [1.29, 1.82) is 0 Å².